The van der Waals surface area contributed by atoms with Gasteiger partial charge in [0.25, 0.3) is 0 Å². The standard InChI is InChI=1S/C11H14BrN3O/c1-15-3-2-7(5-10(15)16)8-4-9(12)11(13)14-6-8/h4,6-7H,2-3,5H2,1H3,(H2,13,14). The highest BCUT2D eigenvalue weighted by molar-refractivity contribution is 9.10. The molecule has 1 atom stereocenters. The molecule has 0 saturated carbocycles. The van der Waals surface area contributed by atoms with E-state index < -0.39 is 0 Å². The Morgan fingerprint density at radius 3 is 3.00 bits per heavy atom. The molecule has 2 rings (SSSR count). The molecule has 5 heteroatoms. The van der Waals surface area contributed by atoms with Crippen LogP contribution in [0.1, 0.15) is 24.3 Å². The number of amides is 1. The smallest absolute Gasteiger partial charge is 0.222 e. The highest BCUT2D eigenvalue weighted by Crippen LogP contribution is 2.30. The van der Waals surface area contributed by atoms with Gasteiger partial charge in [-0.25, -0.2) is 4.98 Å². The Bertz CT molecular complexity index is 422. The van der Waals surface area contributed by atoms with E-state index in [-0.39, 0.29) is 11.8 Å². The van der Waals surface area contributed by atoms with Crippen molar-refractivity contribution in [2.75, 3.05) is 19.3 Å². The average molecular weight is 284 g/mol. The van der Waals surface area contributed by atoms with Crippen molar-refractivity contribution in [1.29, 1.82) is 0 Å². The highest BCUT2D eigenvalue weighted by Gasteiger charge is 2.24. The van der Waals surface area contributed by atoms with Crippen LogP contribution in [0.3, 0.4) is 0 Å². The number of carbonyl (C=O) groups is 1. The van der Waals surface area contributed by atoms with Gasteiger partial charge in [-0.05, 0) is 39.9 Å². The summed E-state index contributed by atoms with van der Waals surface area (Å²) >= 11 is 3.36. The molecular formula is C11H14BrN3O. The number of rotatable bonds is 1. The minimum absolute atomic E-state index is 0.198. The summed E-state index contributed by atoms with van der Waals surface area (Å²) in [7, 11) is 1.84. The summed E-state index contributed by atoms with van der Waals surface area (Å²) in [6.07, 6.45) is 3.32. The Morgan fingerprint density at radius 1 is 1.62 bits per heavy atom. The molecule has 1 saturated heterocycles. The van der Waals surface area contributed by atoms with Crippen molar-refractivity contribution >= 4 is 27.7 Å². The summed E-state index contributed by atoms with van der Waals surface area (Å²) in [5.41, 5.74) is 6.72. The van der Waals surface area contributed by atoms with Gasteiger partial charge in [0.1, 0.15) is 5.82 Å². The number of nitrogen functional groups attached to an aromatic ring is 1. The molecule has 1 aromatic heterocycles. The minimum atomic E-state index is 0.198. The van der Waals surface area contributed by atoms with E-state index in [0.29, 0.717) is 12.2 Å². The van der Waals surface area contributed by atoms with Gasteiger partial charge >= 0.3 is 0 Å². The fourth-order valence-corrected chi connectivity index (χ4v) is 2.28. The predicted molar refractivity (Wildman–Crippen MR) is 66.0 cm³/mol. The lowest BCUT2D eigenvalue weighted by atomic mass is 9.90. The number of carbonyl (C=O) groups excluding carboxylic acids is 1. The zero-order chi connectivity index (χ0) is 11.7. The largest absolute Gasteiger partial charge is 0.383 e. The van der Waals surface area contributed by atoms with Crippen LogP contribution in [0.25, 0.3) is 0 Å². The number of nitrogens with two attached hydrogens (primary N) is 1. The van der Waals surface area contributed by atoms with Gasteiger partial charge in [-0.3, -0.25) is 4.79 Å². The van der Waals surface area contributed by atoms with Gasteiger partial charge in [-0.1, -0.05) is 0 Å². The van der Waals surface area contributed by atoms with Crippen LogP contribution in [0.5, 0.6) is 0 Å². The first-order valence-electron chi connectivity index (χ1n) is 5.23. The van der Waals surface area contributed by atoms with Crippen molar-refractivity contribution in [3.05, 3.63) is 22.3 Å². The Labute approximate surface area is 103 Å². The number of halogens is 1. The molecule has 2 heterocycles. The molecule has 1 aliphatic rings. The zero-order valence-corrected chi connectivity index (χ0v) is 10.7. The number of anilines is 1. The first-order chi connectivity index (χ1) is 7.58. The van der Waals surface area contributed by atoms with Crippen LogP contribution in [0, 0.1) is 0 Å². The van der Waals surface area contributed by atoms with E-state index >= 15 is 0 Å². The molecule has 1 amide bonds. The van der Waals surface area contributed by atoms with E-state index in [9.17, 15) is 4.79 Å². The van der Waals surface area contributed by atoms with E-state index in [2.05, 4.69) is 20.9 Å². The van der Waals surface area contributed by atoms with Gasteiger partial charge in [0.15, 0.2) is 0 Å². The van der Waals surface area contributed by atoms with Crippen molar-refractivity contribution in [2.24, 2.45) is 0 Å². The Kier molecular flexibility index (Phi) is 3.14. The van der Waals surface area contributed by atoms with Crippen molar-refractivity contribution < 1.29 is 4.79 Å². The molecule has 1 unspecified atom stereocenters. The molecule has 16 heavy (non-hydrogen) atoms. The molecule has 0 spiro atoms. The molecule has 86 valence electrons. The lowest BCUT2D eigenvalue weighted by Gasteiger charge is -2.28. The molecule has 0 aromatic carbocycles. The number of piperidine rings is 1. The van der Waals surface area contributed by atoms with Crippen molar-refractivity contribution in [3.8, 4) is 0 Å². The summed E-state index contributed by atoms with van der Waals surface area (Å²) in [6.45, 7) is 0.811. The maximum absolute atomic E-state index is 11.6. The third-order valence-corrected chi connectivity index (χ3v) is 3.66. The first kappa shape index (κ1) is 11.4. The van der Waals surface area contributed by atoms with E-state index in [1.54, 1.807) is 11.1 Å². The number of likely N-dealkylation sites (tertiary alicyclic amines) is 1. The van der Waals surface area contributed by atoms with Crippen LogP contribution < -0.4 is 5.73 Å². The van der Waals surface area contributed by atoms with Crippen molar-refractivity contribution in [3.63, 3.8) is 0 Å². The summed E-state index contributed by atoms with van der Waals surface area (Å²) in [6, 6.07) is 1.96. The fourth-order valence-electron chi connectivity index (χ4n) is 1.91. The lowest BCUT2D eigenvalue weighted by Crippen LogP contribution is -2.34. The van der Waals surface area contributed by atoms with Gasteiger partial charge in [-0.15, -0.1) is 0 Å². The lowest BCUT2D eigenvalue weighted by molar-refractivity contribution is -0.132. The molecule has 1 aromatic rings. The molecule has 0 bridgehead atoms. The third-order valence-electron chi connectivity index (χ3n) is 3.02. The van der Waals surface area contributed by atoms with Gasteiger partial charge in [0.05, 0.1) is 4.47 Å². The predicted octanol–water partition coefficient (Wildman–Crippen LogP) is 1.76. The summed E-state index contributed by atoms with van der Waals surface area (Å²) in [4.78, 5) is 17.5. The topological polar surface area (TPSA) is 59.2 Å². The second kappa shape index (κ2) is 4.41. The maximum atomic E-state index is 11.6. The molecule has 1 aliphatic heterocycles. The van der Waals surface area contributed by atoms with Crippen LogP contribution in [0.4, 0.5) is 5.82 Å². The van der Waals surface area contributed by atoms with E-state index in [4.69, 9.17) is 5.73 Å². The molecule has 1 fully saturated rings. The molecule has 0 aliphatic carbocycles. The third kappa shape index (κ3) is 2.19. The van der Waals surface area contributed by atoms with Gasteiger partial charge < -0.3 is 10.6 Å². The number of hydrogen-bond donors (Lipinski definition) is 1. The van der Waals surface area contributed by atoms with Crippen LogP contribution >= 0.6 is 15.9 Å². The average Bonchev–Trinajstić information content (AvgIpc) is 2.26. The van der Waals surface area contributed by atoms with Gasteiger partial charge in [0, 0.05) is 26.2 Å². The highest BCUT2D eigenvalue weighted by atomic mass is 79.9. The van der Waals surface area contributed by atoms with Crippen LogP contribution in [0.15, 0.2) is 16.7 Å². The van der Waals surface area contributed by atoms with E-state index in [1.165, 1.54) is 0 Å². The van der Waals surface area contributed by atoms with E-state index in [0.717, 1.165) is 23.0 Å². The summed E-state index contributed by atoms with van der Waals surface area (Å²) in [5, 5.41) is 0. The molecule has 2 N–H and O–H groups in total. The second-order valence-electron chi connectivity index (χ2n) is 4.14. The van der Waals surface area contributed by atoms with Gasteiger partial charge in [-0.2, -0.15) is 0 Å². The SMILES string of the molecule is CN1CCC(c2cnc(N)c(Br)c2)CC1=O. The molecular weight excluding hydrogens is 270 g/mol. The quantitative estimate of drug-likeness (QED) is 0.855. The van der Waals surface area contributed by atoms with E-state index in [1.807, 2.05) is 13.1 Å². The number of pyridine rings is 1. The second-order valence-corrected chi connectivity index (χ2v) is 5.00. The normalized spacial score (nSPS) is 21.2. The monoisotopic (exact) mass is 283 g/mol. The first-order valence-corrected chi connectivity index (χ1v) is 6.02. The van der Waals surface area contributed by atoms with Crippen LogP contribution in [-0.4, -0.2) is 29.4 Å². The zero-order valence-electron chi connectivity index (χ0n) is 9.11. The van der Waals surface area contributed by atoms with Crippen molar-refractivity contribution in [2.45, 2.75) is 18.8 Å². The maximum Gasteiger partial charge on any atom is 0.222 e. The summed E-state index contributed by atoms with van der Waals surface area (Å²) < 4.78 is 0.802. The Morgan fingerprint density at radius 2 is 2.38 bits per heavy atom. The molecule has 0 radical (unpaired) electrons. The van der Waals surface area contributed by atoms with Crippen LogP contribution in [0.2, 0.25) is 0 Å². The summed E-state index contributed by atoms with van der Waals surface area (Å²) in [5.74, 6) is 0.959. The number of hydrogen-bond acceptors (Lipinski definition) is 3. The Hall–Kier alpha value is -1.10. The molecule has 4 nitrogen and oxygen atoms in total. The number of nitrogens with zero attached hydrogens (tertiary/aromatic N) is 2. The number of aromatic nitrogens is 1. The van der Waals surface area contributed by atoms with Crippen molar-refractivity contribution in [1.82, 2.24) is 9.88 Å². The fraction of sp³-hybridized carbons (Fsp3) is 0.455. The Balaban J connectivity index is 2.18. The van der Waals surface area contributed by atoms with Gasteiger partial charge in [0.2, 0.25) is 5.91 Å². The minimum Gasteiger partial charge on any atom is -0.383 e. The van der Waals surface area contributed by atoms with Crippen LogP contribution in [-0.2, 0) is 4.79 Å².